The van der Waals surface area contributed by atoms with Crippen molar-refractivity contribution in [2.75, 3.05) is 13.7 Å². The second kappa shape index (κ2) is 7.19. The number of carbonyl (C=O) groups is 1. The quantitative estimate of drug-likeness (QED) is 0.728. The van der Waals surface area contributed by atoms with Crippen molar-refractivity contribution in [3.8, 4) is 23.0 Å². The highest BCUT2D eigenvalue weighted by molar-refractivity contribution is 5.95. The van der Waals surface area contributed by atoms with Crippen LogP contribution in [0.4, 0.5) is 0 Å². The highest BCUT2D eigenvalue weighted by Gasteiger charge is 2.33. The second-order valence-electron chi connectivity index (χ2n) is 6.46. The molecule has 1 saturated carbocycles. The van der Waals surface area contributed by atoms with Crippen LogP contribution in [0, 0.1) is 0 Å². The Morgan fingerprint density at radius 1 is 1.33 bits per heavy atom. The Bertz CT molecular complexity index is 978. The number of methoxy groups -OCH3 is 1. The molecule has 0 bridgehead atoms. The van der Waals surface area contributed by atoms with Gasteiger partial charge >= 0.3 is 0 Å². The number of hydrogen-bond donors (Lipinski definition) is 1. The average Bonchev–Trinajstić information content (AvgIpc) is 3.46. The summed E-state index contributed by atoms with van der Waals surface area (Å²) in [5, 5.41) is 7.28. The maximum Gasteiger partial charge on any atom is 0.254 e. The van der Waals surface area contributed by atoms with E-state index in [-0.39, 0.29) is 5.91 Å². The Morgan fingerprint density at radius 3 is 2.93 bits per heavy atom. The minimum absolute atomic E-state index is 0.102. The number of amides is 1. The number of ether oxygens (including phenoxy) is 1. The van der Waals surface area contributed by atoms with Crippen LogP contribution in [0.15, 0.2) is 42.7 Å². The van der Waals surface area contributed by atoms with Crippen LogP contribution in [-0.4, -0.2) is 39.3 Å². The fourth-order valence-corrected chi connectivity index (χ4v) is 3.09. The van der Waals surface area contributed by atoms with E-state index in [1.54, 1.807) is 24.2 Å². The molecule has 1 aromatic carbocycles. The summed E-state index contributed by atoms with van der Waals surface area (Å²) in [5.41, 5.74) is 3.20. The summed E-state index contributed by atoms with van der Waals surface area (Å²) >= 11 is 0. The maximum atomic E-state index is 12.4. The number of carbonyl (C=O) groups excluding carboxylic acids is 1. The molecule has 0 saturated heterocycles. The third-order valence-electron chi connectivity index (χ3n) is 4.55. The number of benzene rings is 1. The molecule has 0 atom stereocenters. The van der Waals surface area contributed by atoms with Gasteiger partial charge in [-0.15, -0.1) is 0 Å². The number of nitrogens with one attached hydrogen (secondary N) is 1. The van der Waals surface area contributed by atoms with Crippen molar-refractivity contribution in [1.82, 2.24) is 25.1 Å². The molecule has 1 fully saturated rings. The predicted molar refractivity (Wildman–Crippen MR) is 101 cm³/mol. The van der Waals surface area contributed by atoms with Gasteiger partial charge in [0.25, 0.3) is 11.9 Å². The predicted octanol–water partition coefficient (Wildman–Crippen LogP) is 2.97. The third kappa shape index (κ3) is 3.40. The van der Waals surface area contributed by atoms with Crippen LogP contribution in [0.25, 0.3) is 17.2 Å². The zero-order chi connectivity index (χ0) is 18.8. The van der Waals surface area contributed by atoms with E-state index in [9.17, 15) is 4.79 Å². The van der Waals surface area contributed by atoms with Crippen molar-refractivity contribution in [3.63, 3.8) is 0 Å². The van der Waals surface area contributed by atoms with E-state index < -0.39 is 0 Å². The largest absolute Gasteiger partial charge is 0.497 e. The molecule has 138 valence electrons. The van der Waals surface area contributed by atoms with Gasteiger partial charge < -0.3 is 10.1 Å². The van der Waals surface area contributed by atoms with E-state index in [1.807, 2.05) is 37.3 Å². The van der Waals surface area contributed by atoms with E-state index in [2.05, 4.69) is 20.4 Å². The minimum Gasteiger partial charge on any atom is -0.497 e. The Labute approximate surface area is 157 Å². The van der Waals surface area contributed by atoms with Gasteiger partial charge in [0.1, 0.15) is 5.75 Å². The summed E-state index contributed by atoms with van der Waals surface area (Å²) < 4.78 is 7.00. The molecule has 7 heteroatoms. The van der Waals surface area contributed by atoms with E-state index in [0.717, 1.165) is 35.5 Å². The van der Waals surface area contributed by atoms with Gasteiger partial charge in [0.05, 0.1) is 30.3 Å². The Hall–Kier alpha value is -3.22. The lowest BCUT2D eigenvalue weighted by Gasteiger charge is -2.09. The summed E-state index contributed by atoms with van der Waals surface area (Å²) in [6, 6.07) is 9.57. The van der Waals surface area contributed by atoms with Gasteiger partial charge in [0.2, 0.25) is 0 Å². The van der Waals surface area contributed by atoms with Gasteiger partial charge in [0, 0.05) is 24.2 Å². The summed E-state index contributed by atoms with van der Waals surface area (Å²) in [7, 11) is 1.64. The molecule has 2 heterocycles. The molecule has 1 aliphatic rings. The summed E-state index contributed by atoms with van der Waals surface area (Å²) in [5.74, 6) is 1.46. The Balaban J connectivity index is 1.75. The number of nitrogens with zero attached hydrogens (tertiary/aromatic N) is 4. The molecular formula is C20H21N5O2. The smallest absolute Gasteiger partial charge is 0.254 e. The Kier molecular flexibility index (Phi) is 4.58. The van der Waals surface area contributed by atoms with Crippen molar-refractivity contribution >= 4 is 5.91 Å². The maximum absolute atomic E-state index is 12.4. The number of hydrogen-bond acceptors (Lipinski definition) is 5. The number of rotatable bonds is 6. The van der Waals surface area contributed by atoms with Crippen LogP contribution in [0.1, 0.15) is 41.7 Å². The molecule has 0 radical (unpaired) electrons. The van der Waals surface area contributed by atoms with Crippen LogP contribution in [0.2, 0.25) is 0 Å². The molecule has 1 aliphatic carbocycles. The summed E-state index contributed by atoms with van der Waals surface area (Å²) in [6.07, 6.45) is 5.42. The van der Waals surface area contributed by atoms with E-state index in [0.29, 0.717) is 24.0 Å². The first kappa shape index (κ1) is 17.2. The molecular weight excluding hydrogens is 342 g/mol. The van der Waals surface area contributed by atoms with Crippen molar-refractivity contribution in [1.29, 1.82) is 0 Å². The lowest BCUT2D eigenvalue weighted by Crippen LogP contribution is -2.23. The highest BCUT2D eigenvalue weighted by atomic mass is 16.5. The van der Waals surface area contributed by atoms with Gasteiger partial charge in [-0.25, -0.2) is 14.6 Å². The van der Waals surface area contributed by atoms with Crippen molar-refractivity contribution in [2.24, 2.45) is 0 Å². The zero-order valence-corrected chi connectivity index (χ0v) is 15.3. The molecule has 0 aliphatic heterocycles. The molecule has 1 amide bonds. The van der Waals surface area contributed by atoms with Crippen molar-refractivity contribution in [3.05, 3.63) is 54.0 Å². The lowest BCUT2D eigenvalue weighted by molar-refractivity contribution is 0.0955. The van der Waals surface area contributed by atoms with Crippen LogP contribution in [-0.2, 0) is 0 Å². The summed E-state index contributed by atoms with van der Waals surface area (Å²) in [6.45, 7) is 2.48. The van der Waals surface area contributed by atoms with E-state index >= 15 is 0 Å². The van der Waals surface area contributed by atoms with Crippen LogP contribution in [0.3, 0.4) is 0 Å². The molecule has 0 unspecified atom stereocenters. The highest BCUT2D eigenvalue weighted by Crippen LogP contribution is 2.42. The van der Waals surface area contributed by atoms with E-state index in [1.165, 1.54) is 0 Å². The van der Waals surface area contributed by atoms with Crippen molar-refractivity contribution in [2.45, 2.75) is 25.7 Å². The fraction of sp³-hybridized carbons (Fsp3) is 0.300. The normalized spacial score (nSPS) is 13.4. The van der Waals surface area contributed by atoms with Gasteiger partial charge in [-0.1, -0.05) is 12.1 Å². The lowest BCUT2D eigenvalue weighted by atomic mass is 10.1. The van der Waals surface area contributed by atoms with Gasteiger partial charge in [-0.3, -0.25) is 4.79 Å². The van der Waals surface area contributed by atoms with Gasteiger partial charge in [0.15, 0.2) is 0 Å². The second-order valence-corrected chi connectivity index (χ2v) is 6.46. The van der Waals surface area contributed by atoms with Crippen LogP contribution >= 0.6 is 0 Å². The molecule has 1 N–H and O–H groups in total. The average molecular weight is 363 g/mol. The molecule has 3 aromatic rings. The molecule has 4 rings (SSSR count). The topological polar surface area (TPSA) is 81.9 Å². The Morgan fingerprint density at radius 2 is 2.19 bits per heavy atom. The fourth-order valence-electron chi connectivity index (χ4n) is 3.09. The minimum atomic E-state index is -0.102. The van der Waals surface area contributed by atoms with Crippen LogP contribution in [0.5, 0.6) is 5.75 Å². The monoisotopic (exact) mass is 363 g/mol. The number of aromatic nitrogens is 4. The zero-order valence-electron chi connectivity index (χ0n) is 15.3. The molecule has 2 aromatic heterocycles. The SMILES string of the molecule is CCNC(=O)c1cnn(-c2nccc(-c3cccc(OC)c3)n2)c1C1CC1. The van der Waals surface area contributed by atoms with Gasteiger partial charge in [-0.2, -0.15) is 5.10 Å². The first-order valence-electron chi connectivity index (χ1n) is 9.05. The van der Waals surface area contributed by atoms with E-state index in [4.69, 9.17) is 4.74 Å². The molecule has 27 heavy (non-hydrogen) atoms. The van der Waals surface area contributed by atoms with Gasteiger partial charge in [-0.05, 0) is 38.0 Å². The molecule has 7 nitrogen and oxygen atoms in total. The first-order valence-corrected chi connectivity index (χ1v) is 9.05. The van der Waals surface area contributed by atoms with Crippen LogP contribution < -0.4 is 10.1 Å². The molecule has 0 spiro atoms. The third-order valence-corrected chi connectivity index (χ3v) is 4.55. The standard InChI is InChI=1S/C20H21N5O2/c1-3-21-19(26)16-12-23-25(18(16)13-7-8-13)20-22-10-9-17(24-20)14-5-4-6-15(11-14)27-2/h4-6,9-13H,3,7-8H2,1-2H3,(H,21,26). The first-order chi connectivity index (χ1) is 13.2. The summed E-state index contributed by atoms with van der Waals surface area (Å²) in [4.78, 5) is 21.5. The van der Waals surface area contributed by atoms with Crippen molar-refractivity contribution < 1.29 is 9.53 Å².